The molecule has 2 bridgehead atoms. The van der Waals surface area contributed by atoms with Crippen LogP contribution in [0.2, 0.25) is 18.1 Å². The molecule has 2 unspecified atom stereocenters. The fraction of sp³-hybridized carbons (Fsp3) is 0.480. The summed E-state index contributed by atoms with van der Waals surface area (Å²) in [5.41, 5.74) is -7.15. The number of hydrogen-bond donors (Lipinski definition) is 2. The minimum atomic E-state index is -2.80. The largest absolute Gasteiger partial charge is 0.461 e. The van der Waals surface area contributed by atoms with Gasteiger partial charge in [-0.25, -0.2) is 9.59 Å². The SMILES string of the molecule is CCC=CCC=CCC=CCC=CCC=CCC=CCCC(=O)O[C@H]1C[C@H]2OC[C@@]2(OC(C)=O)[C@H]2[C@H](OC(=O)c3ccccc3)[C@]3(O)CC(OC(=O)[C@H](O[Si](CC)(CC)CC)[C@@H](NC(=O)c4ccccc4)c4ccccc4)C(C)C(=C(OC(C)=O)C(=O)[C@]12C)C3(C)C. The van der Waals surface area contributed by atoms with Crippen molar-refractivity contribution in [2.45, 2.75) is 199 Å². The Hall–Kier alpha value is -7.57. The topological polar surface area (TPSA) is 216 Å². The van der Waals surface area contributed by atoms with Crippen LogP contribution in [-0.2, 0) is 56.8 Å². The highest BCUT2D eigenvalue weighted by atomic mass is 28.4. The zero-order valence-electron chi connectivity index (χ0n) is 55.3. The van der Waals surface area contributed by atoms with Crippen LogP contribution < -0.4 is 5.32 Å². The fourth-order valence-electron chi connectivity index (χ4n) is 13.8. The molecule has 11 atom stereocenters. The van der Waals surface area contributed by atoms with Gasteiger partial charge in [-0.3, -0.25) is 24.0 Å². The molecule has 0 spiro atoms. The molecule has 1 aliphatic heterocycles. The maximum atomic E-state index is 16.6. The molecule has 2 N–H and O–H groups in total. The van der Waals surface area contributed by atoms with Crippen molar-refractivity contribution in [2.24, 2.45) is 22.7 Å². The first-order valence-electron chi connectivity index (χ1n) is 32.7. The lowest BCUT2D eigenvalue weighted by Crippen LogP contribution is -2.81. The van der Waals surface area contributed by atoms with Crippen molar-refractivity contribution in [3.63, 3.8) is 0 Å². The van der Waals surface area contributed by atoms with Crippen LogP contribution in [0.5, 0.6) is 0 Å². The van der Waals surface area contributed by atoms with Gasteiger partial charge in [0.05, 0.1) is 29.5 Å². The van der Waals surface area contributed by atoms with Crippen molar-refractivity contribution in [1.29, 1.82) is 0 Å². The quantitative estimate of drug-likeness (QED) is 0.0275. The van der Waals surface area contributed by atoms with Crippen LogP contribution in [0.15, 0.2) is 175 Å². The number of ether oxygens (including phenoxy) is 6. The van der Waals surface area contributed by atoms with E-state index in [9.17, 15) is 29.1 Å². The first-order valence-corrected chi connectivity index (χ1v) is 35.3. The number of hydrogen-bond acceptors (Lipinski definition) is 15. The Balaban J connectivity index is 1.27. The molecular weight excluding hydrogens is 1180 g/mol. The minimum Gasteiger partial charge on any atom is -0.461 e. The van der Waals surface area contributed by atoms with Gasteiger partial charge in [-0.05, 0) is 105 Å². The molecular formula is C75H95NO15Si. The summed E-state index contributed by atoms with van der Waals surface area (Å²) in [6, 6.07) is 26.2. The number of benzene rings is 3. The van der Waals surface area contributed by atoms with E-state index in [1.807, 2.05) is 45.1 Å². The molecule has 4 aliphatic rings. The smallest absolute Gasteiger partial charge is 0.338 e. The summed E-state index contributed by atoms with van der Waals surface area (Å²) >= 11 is 0. The molecule has 7 rings (SSSR count). The maximum absolute atomic E-state index is 16.6. The van der Waals surface area contributed by atoms with E-state index in [0.717, 1.165) is 39.0 Å². The van der Waals surface area contributed by atoms with Crippen molar-refractivity contribution >= 4 is 49.9 Å². The van der Waals surface area contributed by atoms with E-state index in [-0.39, 0.29) is 37.0 Å². The summed E-state index contributed by atoms with van der Waals surface area (Å²) in [5.74, 6) is -8.76. The number of nitrogens with one attached hydrogen (secondary N) is 1. The molecule has 1 heterocycles. The monoisotopic (exact) mass is 1280 g/mol. The number of carbonyl (C=O) groups is 7. The van der Waals surface area contributed by atoms with E-state index < -0.39 is 132 Å². The van der Waals surface area contributed by atoms with Gasteiger partial charge in [-0.15, -0.1) is 0 Å². The van der Waals surface area contributed by atoms with Crippen LogP contribution in [-0.4, -0.2) is 103 Å². The molecule has 494 valence electrons. The fourth-order valence-corrected chi connectivity index (χ4v) is 16.5. The second kappa shape index (κ2) is 32.8. The predicted molar refractivity (Wildman–Crippen MR) is 355 cm³/mol. The summed E-state index contributed by atoms with van der Waals surface area (Å²) in [5, 5.41) is 17.6. The van der Waals surface area contributed by atoms with Crippen molar-refractivity contribution in [1.82, 2.24) is 5.32 Å². The van der Waals surface area contributed by atoms with Gasteiger partial charge < -0.3 is 43.3 Å². The van der Waals surface area contributed by atoms with Crippen LogP contribution in [0.25, 0.3) is 0 Å². The molecule has 3 fully saturated rings. The summed E-state index contributed by atoms with van der Waals surface area (Å²) < 4.78 is 45.9. The highest BCUT2D eigenvalue weighted by Crippen LogP contribution is 2.65. The molecule has 3 aromatic rings. The molecule has 3 aromatic carbocycles. The molecule has 17 heteroatoms. The summed E-state index contributed by atoms with van der Waals surface area (Å²) in [7, 11) is -2.80. The molecule has 2 saturated carbocycles. The molecule has 0 aromatic heterocycles. The van der Waals surface area contributed by atoms with Gasteiger partial charge in [0, 0.05) is 50.0 Å². The average Bonchev–Trinajstić information content (AvgIpc) is 0.669. The normalized spacial score (nSPS) is 26.0. The minimum absolute atomic E-state index is 0.0368. The predicted octanol–water partition coefficient (Wildman–Crippen LogP) is 14.0. The highest BCUT2D eigenvalue weighted by Gasteiger charge is 2.79. The Kier molecular flexibility index (Phi) is 25.6. The van der Waals surface area contributed by atoms with Crippen LogP contribution in [0, 0.1) is 22.7 Å². The van der Waals surface area contributed by atoms with Crippen molar-refractivity contribution in [3.05, 3.63) is 192 Å². The number of rotatable bonds is 30. The molecule has 16 nitrogen and oxygen atoms in total. The Labute approximate surface area is 544 Å². The van der Waals surface area contributed by atoms with Crippen LogP contribution in [0.4, 0.5) is 0 Å². The number of Topliss-reactive ketones (excluding diaryl/α,β-unsaturated/α-hetero) is 1. The summed E-state index contributed by atoms with van der Waals surface area (Å²) in [6.07, 6.45) is 22.5. The second-order valence-electron chi connectivity index (χ2n) is 25.2. The zero-order valence-corrected chi connectivity index (χ0v) is 56.3. The Morgan fingerprint density at radius 3 is 1.71 bits per heavy atom. The first kappa shape index (κ1) is 71.9. The lowest BCUT2D eigenvalue weighted by Gasteiger charge is -2.67. The van der Waals surface area contributed by atoms with E-state index >= 15 is 9.59 Å². The molecule has 0 radical (unpaired) electrons. The number of fused-ring (bicyclic) bond motifs is 5. The lowest BCUT2D eigenvalue weighted by atomic mass is 9.45. The number of ketones is 1. The van der Waals surface area contributed by atoms with E-state index in [4.69, 9.17) is 32.8 Å². The zero-order chi connectivity index (χ0) is 66.7. The summed E-state index contributed by atoms with van der Waals surface area (Å²) in [4.78, 5) is 103. The highest BCUT2D eigenvalue weighted by molar-refractivity contribution is 6.73. The van der Waals surface area contributed by atoms with Crippen LogP contribution in [0.3, 0.4) is 0 Å². The molecule has 1 saturated heterocycles. The Morgan fingerprint density at radius 2 is 1.21 bits per heavy atom. The van der Waals surface area contributed by atoms with Gasteiger partial charge in [0.1, 0.15) is 30.0 Å². The summed E-state index contributed by atoms with van der Waals surface area (Å²) in [6.45, 7) is 16.5. The standard InChI is InChI=1S/C75H95NO15Si/c1-11-15-16-17-18-19-20-21-22-23-24-25-26-27-28-29-30-31-41-48-61(79)88-59-49-60-74(51-85-60,90-54(7)78)66-68(89-70(82)57-46-39-34-40-47-57)75(84)50-58(52(5)62(72(75,8)9)64(86-53(6)77)67(80)73(59,66)10)87-71(83)65(91-92(12-2,13-3)14-4)63(55-42-35-32-36-43-55)76-69(81)56-44-37-33-38-45-56/h15-16,18-19,21-22,24-25,27-28,30-40,42-47,52,58-60,63,65-66,68,84H,11-14,17,20,23,26,29,41,48-51H2,1-10H3,(H,76,81)/t52?,58?,59-,60+,63-,65+,66-,68-,73+,74-,75+/m0/s1. The van der Waals surface area contributed by atoms with Crippen molar-refractivity contribution in [2.75, 3.05) is 6.61 Å². The first-order chi connectivity index (χ1) is 44.1. The average molecular weight is 1280 g/mol. The van der Waals surface area contributed by atoms with E-state index in [1.165, 1.54) is 26.0 Å². The number of allylic oxidation sites excluding steroid dienone is 13. The maximum Gasteiger partial charge on any atom is 0.338 e. The molecule has 3 aliphatic carbocycles. The van der Waals surface area contributed by atoms with E-state index in [0.29, 0.717) is 35.7 Å². The van der Waals surface area contributed by atoms with Gasteiger partial charge in [0.2, 0.25) is 5.78 Å². The van der Waals surface area contributed by atoms with Gasteiger partial charge >= 0.3 is 29.8 Å². The Bertz CT molecular complexity index is 3250. The van der Waals surface area contributed by atoms with Gasteiger partial charge in [-0.1, -0.05) is 188 Å². The third-order valence-electron chi connectivity index (χ3n) is 19.1. The van der Waals surface area contributed by atoms with E-state index in [2.05, 4.69) is 66.9 Å². The molecule has 1 amide bonds. The van der Waals surface area contributed by atoms with E-state index in [1.54, 1.807) is 93.6 Å². The third kappa shape index (κ3) is 16.4. The van der Waals surface area contributed by atoms with Gasteiger partial charge in [0.25, 0.3) is 5.91 Å². The van der Waals surface area contributed by atoms with Gasteiger partial charge in [0.15, 0.2) is 25.8 Å². The number of carbonyl (C=O) groups excluding carboxylic acids is 7. The third-order valence-corrected chi connectivity index (χ3v) is 23.7. The van der Waals surface area contributed by atoms with Crippen LogP contribution in [0.1, 0.15) is 166 Å². The lowest BCUT2D eigenvalue weighted by molar-refractivity contribution is -0.346. The second-order valence-corrected chi connectivity index (χ2v) is 29.9. The Morgan fingerprint density at radius 1 is 0.685 bits per heavy atom. The number of esters is 5. The van der Waals surface area contributed by atoms with Crippen LogP contribution >= 0.6 is 0 Å². The van der Waals surface area contributed by atoms with Crippen molar-refractivity contribution < 1.29 is 71.5 Å². The van der Waals surface area contributed by atoms with Gasteiger partial charge in [-0.2, -0.15) is 0 Å². The number of amides is 1. The number of aliphatic hydroxyl groups is 1. The molecule has 92 heavy (non-hydrogen) atoms. The van der Waals surface area contributed by atoms with Crippen molar-refractivity contribution in [3.8, 4) is 0 Å².